The summed E-state index contributed by atoms with van der Waals surface area (Å²) >= 11 is 1.38. The first-order valence-corrected chi connectivity index (χ1v) is 9.02. The van der Waals surface area contributed by atoms with E-state index in [9.17, 15) is 9.90 Å². The highest BCUT2D eigenvalue weighted by molar-refractivity contribution is 7.13. The summed E-state index contributed by atoms with van der Waals surface area (Å²) in [7, 11) is 0. The average molecular weight is 349 g/mol. The van der Waals surface area contributed by atoms with E-state index in [-0.39, 0.29) is 18.4 Å². The number of fused-ring (bicyclic) bond motifs is 1. The predicted octanol–water partition coefficient (Wildman–Crippen LogP) is 2.50. The lowest BCUT2D eigenvalue weighted by Gasteiger charge is -2.19. The number of amides is 1. The van der Waals surface area contributed by atoms with Crippen LogP contribution < -0.4 is 4.90 Å². The largest absolute Gasteiger partial charge is 0.392 e. The van der Waals surface area contributed by atoms with Gasteiger partial charge < -0.3 is 5.11 Å². The van der Waals surface area contributed by atoms with E-state index in [0.717, 1.165) is 22.3 Å². The third-order valence-electron chi connectivity index (χ3n) is 5.24. The van der Waals surface area contributed by atoms with Gasteiger partial charge in [0.2, 0.25) is 5.13 Å². The van der Waals surface area contributed by atoms with E-state index in [1.54, 1.807) is 10.4 Å². The van der Waals surface area contributed by atoms with Crippen LogP contribution in [0.25, 0.3) is 0 Å². The van der Waals surface area contributed by atoms with Gasteiger partial charge in [0, 0.05) is 12.3 Å². The number of aliphatic hydroxyl groups excluding tert-OH is 1. The van der Waals surface area contributed by atoms with E-state index in [1.807, 2.05) is 36.4 Å². The van der Waals surface area contributed by atoms with Crippen LogP contribution in [-0.4, -0.2) is 26.7 Å². The van der Waals surface area contributed by atoms with Gasteiger partial charge in [-0.25, -0.2) is 0 Å². The number of aromatic nitrogens is 2. The Hall–Kier alpha value is -2.57. The minimum Gasteiger partial charge on any atom is -0.392 e. The van der Waals surface area contributed by atoms with Crippen molar-refractivity contribution in [3.05, 3.63) is 76.3 Å². The van der Waals surface area contributed by atoms with Crippen molar-refractivity contribution in [1.29, 1.82) is 0 Å². The van der Waals surface area contributed by atoms with Crippen molar-refractivity contribution in [3.63, 3.8) is 0 Å². The van der Waals surface area contributed by atoms with Gasteiger partial charge in [-0.15, -0.1) is 10.2 Å². The molecule has 0 bridgehead atoms. The quantitative estimate of drug-likeness (QED) is 0.738. The number of anilines is 1. The van der Waals surface area contributed by atoms with E-state index >= 15 is 0 Å². The fourth-order valence-corrected chi connectivity index (χ4v) is 4.76. The molecule has 1 aromatic heterocycles. The number of carbonyl (C=O) groups excluding carboxylic acids is 1. The lowest BCUT2D eigenvalue weighted by molar-refractivity contribution is -0.111. The third kappa shape index (κ3) is 1.95. The second-order valence-electron chi connectivity index (χ2n) is 6.50. The number of aliphatic hydroxyl groups is 1. The minimum atomic E-state index is -0.614. The van der Waals surface area contributed by atoms with Gasteiger partial charge >= 0.3 is 0 Å². The zero-order chi connectivity index (χ0) is 17.0. The fraction of sp³-hybridized carbons (Fsp3) is 0.211. The molecule has 2 aliphatic rings. The number of hydrogen-bond acceptors (Lipinski definition) is 5. The van der Waals surface area contributed by atoms with Gasteiger partial charge in [0.25, 0.3) is 5.91 Å². The number of hydrogen-bond donors (Lipinski definition) is 1. The summed E-state index contributed by atoms with van der Waals surface area (Å²) in [6, 6.07) is 16.1. The summed E-state index contributed by atoms with van der Waals surface area (Å²) in [5.74, 6) is 0.0338. The second-order valence-corrected chi connectivity index (χ2v) is 7.31. The molecule has 1 amide bonds. The number of nitrogens with zero attached hydrogens (tertiary/aromatic N) is 3. The van der Waals surface area contributed by atoms with E-state index < -0.39 is 5.54 Å². The number of rotatable bonds is 3. The van der Waals surface area contributed by atoms with E-state index in [1.165, 1.54) is 11.3 Å². The van der Waals surface area contributed by atoms with Crippen LogP contribution in [0.1, 0.15) is 28.2 Å². The van der Waals surface area contributed by atoms with E-state index in [2.05, 4.69) is 22.3 Å². The monoisotopic (exact) mass is 349 g/mol. The summed E-state index contributed by atoms with van der Waals surface area (Å²) in [5.41, 5.74) is 5.30. The van der Waals surface area contributed by atoms with Gasteiger partial charge in [0.05, 0.1) is 6.61 Å². The molecule has 5 nitrogen and oxygen atoms in total. The van der Waals surface area contributed by atoms with Crippen LogP contribution in [0.2, 0.25) is 0 Å². The molecule has 0 radical (unpaired) electrons. The SMILES string of the molecule is O=C1N(c2nncs2)[C@]12Cc1ccc(CO)cc1[C@@H]2c1ccccc1. The zero-order valence-electron chi connectivity index (χ0n) is 13.3. The first kappa shape index (κ1) is 14.7. The third-order valence-corrected chi connectivity index (χ3v) is 5.91. The summed E-state index contributed by atoms with van der Waals surface area (Å²) in [5, 5.41) is 18.2. The molecule has 5 rings (SSSR count). The van der Waals surface area contributed by atoms with Crippen molar-refractivity contribution >= 4 is 22.4 Å². The van der Waals surface area contributed by atoms with Gasteiger partial charge in [-0.2, -0.15) is 0 Å². The van der Waals surface area contributed by atoms with E-state index in [0.29, 0.717) is 11.6 Å². The number of benzene rings is 2. The molecule has 1 aliphatic carbocycles. The summed E-state index contributed by atoms with van der Waals surface area (Å²) in [6.07, 6.45) is 0.659. The maximum atomic E-state index is 13.0. The lowest BCUT2D eigenvalue weighted by atomic mass is 9.85. The summed E-state index contributed by atoms with van der Waals surface area (Å²) < 4.78 is 0. The van der Waals surface area contributed by atoms with Gasteiger partial charge in [0.15, 0.2) is 0 Å². The topological polar surface area (TPSA) is 66.1 Å². The highest BCUT2D eigenvalue weighted by Crippen LogP contribution is 2.58. The maximum Gasteiger partial charge on any atom is 0.257 e. The molecular weight excluding hydrogens is 334 g/mol. The predicted molar refractivity (Wildman–Crippen MR) is 94.5 cm³/mol. The highest BCUT2D eigenvalue weighted by Gasteiger charge is 2.71. The highest BCUT2D eigenvalue weighted by atomic mass is 32.1. The Kier molecular flexibility index (Phi) is 3.07. The molecule has 0 unspecified atom stereocenters. The molecule has 1 spiro atoms. The van der Waals surface area contributed by atoms with Crippen LogP contribution in [0.3, 0.4) is 0 Å². The molecule has 2 atom stereocenters. The molecular formula is C19H15N3O2S. The molecule has 1 aliphatic heterocycles. The molecule has 2 heterocycles. The lowest BCUT2D eigenvalue weighted by Crippen LogP contribution is -2.25. The van der Waals surface area contributed by atoms with Crippen LogP contribution in [0.15, 0.2) is 54.0 Å². The summed E-state index contributed by atoms with van der Waals surface area (Å²) in [6.45, 7) is -0.00412. The minimum absolute atomic E-state index is 0.00412. The number of carbonyl (C=O) groups is 1. The Labute approximate surface area is 148 Å². The van der Waals surface area contributed by atoms with Crippen molar-refractivity contribution in [2.75, 3.05) is 4.90 Å². The molecule has 0 saturated carbocycles. The maximum absolute atomic E-state index is 13.0. The van der Waals surface area contributed by atoms with Crippen molar-refractivity contribution in [3.8, 4) is 0 Å². The van der Waals surface area contributed by atoms with Gasteiger partial charge in [-0.1, -0.05) is 59.9 Å². The zero-order valence-corrected chi connectivity index (χ0v) is 14.1. The Morgan fingerprint density at radius 2 is 2.08 bits per heavy atom. The first-order valence-electron chi connectivity index (χ1n) is 8.14. The van der Waals surface area contributed by atoms with Crippen LogP contribution in [0.5, 0.6) is 0 Å². The molecule has 3 aromatic rings. The molecule has 2 aromatic carbocycles. The second kappa shape index (κ2) is 5.21. The van der Waals surface area contributed by atoms with E-state index in [4.69, 9.17) is 0 Å². The normalized spacial score (nSPS) is 24.0. The van der Waals surface area contributed by atoms with Crippen LogP contribution in [0, 0.1) is 0 Å². The van der Waals surface area contributed by atoms with Crippen molar-refractivity contribution in [1.82, 2.24) is 10.2 Å². The Morgan fingerprint density at radius 3 is 2.80 bits per heavy atom. The fourth-order valence-electron chi connectivity index (χ4n) is 4.13. The molecule has 124 valence electrons. The van der Waals surface area contributed by atoms with Crippen LogP contribution in [0.4, 0.5) is 5.13 Å². The average Bonchev–Trinajstić information content (AvgIpc) is 3.05. The smallest absolute Gasteiger partial charge is 0.257 e. The van der Waals surface area contributed by atoms with Crippen LogP contribution in [-0.2, 0) is 17.8 Å². The van der Waals surface area contributed by atoms with Crippen molar-refractivity contribution < 1.29 is 9.90 Å². The molecule has 6 heteroatoms. The standard InChI is InChI=1S/C19H15N3O2S/c23-10-12-6-7-14-9-19(17(24)22(19)18-21-20-11-25-18)16(15(14)8-12)13-4-2-1-3-5-13/h1-8,11,16,23H,9-10H2/t16-,19-,22?/m0/s1. The molecule has 1 N–H and O–H groups in total. The van der Waals surface area contributed by atoms with Gasteiger partial charge in [-0.3, -0.25) is 9.69 Å². The Morgan fingerprint density at radius 1 is 1.24 bits per heavy atom. The Balaban J connectivity index is 1.69. The summed E-state index contributed by atoms with van der Waals surface area (Å²) in [4.78, 5) is 14.8. The first-order chi connectivity index (χ1) is 12.3. The molecule has 1 saturated heterocycles. The Bertz CT molecular complexity index is 958. The van der Waals surface area contributed by atoms with Crippen LogP contribution >= 0.6 is 11.3 Å². The van der Waals surface area contributed by atoms with Gasteiger partial charge in [-0.05, 0) is 22.3 Å². The molecule has 25 heavy (non-hydrogen) atoms. The molecule has 1 fully saturated rings. The van der Waals surface area contributed by atoms with Gasteiger partial charge in [0.1, 0.15) is 11.0 Å². The van der Waals surface area contributed by atoms with Crippen molar-refractivity contribution in [2.45, 2.75) is 24.5 Å². The van der Waals surface area contributed by atoms with Crippen molar-refractivity contribution in [2.24, 2.45) is 0 Å².